The zero-order valence-electron chi connectivity index (χ0n) is 59.9. The van der Waals surface area contributed by atoms with E-state index in [9.17, 15) is 43.2 Å². The molecule has 0 aromatic carbocycles. The van der Waals surface area contributed by atoms with Crippen molar-refractivity contribution in [2.75, 3.05) is 39.6 Å². The minimum absolute atomic E-state index is 0.106. The molecule has 0 aromatic rings. The van der Waals surface area contributed by atoms with Gasteiger partial charge in [-0.05, 0) is 37.5 Å². The lowest BCUT2D eigenvalue weighted by atomic mass is 10.00. The highest BCUT2D eigenvalue weighted by molar-refractivity contribution is 7.47. The van der Waals surface area contributed by atoms with Gasteiger partial charge in [0.05, 0.1) is 26.4 Å². The molecule has 0 radical (unpaired) electrons. The fourth-order valence-corrected chi connectivity index (χ4v) is 12.7. The van der Waals surface area contributed by atoms with Gasteiger partial charge in [0.15, 0.2) is 12.2 Å². The molecule has 0 aromatic heterocycles. The molecule has 0 rings (SSSR count). The first-order chi connectivity index (χ1) is 44.4. The van der Waals surface area contributed by atoms with E-state index in [1.54, 1.807) is 0 Å². The Hall–Kier alpha value is -1.94. The summed E-state index contributed by atoms with van der Waals surface area (Å²) in [6.45, 7) is 9.53. The fourth-order valence-electron chi connectivity index (χ4n) is 11.1. The van der Waals surface area contributed by atoms with Gasteiger partial charge in [0.2, 0.25) is 0 Å². The lowest BCUT2D eigenvalue weighted by Crippen LogP contribution is -2.30. The maximum absolute atomic E-state index is 13.1. The summed E-state index contributed by atoms with van der Waals surface area (Å²) in [7, 11) is -9.91. The van der Waals surface area contributed by atoms with Gasteiger partial charge in [-0.25, -0.2) is 9.13 Å². The first-order valence-corrected chi connectivity index (χ1v) is 41.0. The van der Waals surface area contributed by atoms with Crippen LogP contribution in [0.25, 0.3) is 0 Å². The number of unbranched alkanes of at least 4 members (excludes halogenated alkanes) is 41. The molecule has 0 spiro atoms. The maximum atomic E-state index is 13.1. The number of phosphoric acid groups is 2. The average molecular weight is 1350 g/mol. The van der Waals surface area contributed by atoms with Crippen LogP contribution in [0, 0.1) is 11.8 Å². The standard InChI is InChI=1S/C73H142O17P2/c1-7-10-12-14-16-18-20-22-23-24-25-26-28-34-38-46-52-58-73(78)89-68(61-83-70(75)55-49-43-36-32-30-29-31-35-41-47-53-65(4)5)63-87-91(79,80)85-59-67(74)60-86-92(81,82)88-64-69(62-84-71(76)56-50-44-40-39-42-48-54-66(6)9-3)90-72(77)57-51-45-37-33-27-21-19-17-15-13-11-8-2/h65-69,74H,7-64H2,1-6H3,(H,79,80)(H,81,82)/t66?,67-,68-,69-/m1/s1. The molecule has 0 amide bonds. The summed E-state index contributed by atoms with van der Waals surface area (Å²) in [6, 6.07) is 0. The van der Waals surface area contributed by atoms with E-state index in [1.165, 1.54) is 186 Å². The molecule has 3 N–H and O–H groups in total. The highest BCUT2D eigenvalue weighted by Gasteiger charge is 2.30. The van der Waals surface area contributed by atoms with Crippen LogP contribution in [0.3, 0.4) is 0 Å². The van der Waals surface area contributed by atoms with Gasteiger partial charge in [-0.1, -0.05) is 324 Å². The number of carbonyl (C=O) groups excluding carboxylic acids is 4. The third-order valence-electron chi connectivity index (χ3n) is 17.3. The first kappa shape index (κ1) is 90.1. The number of esters is 4. The van der Waals surface area contributed by atoms with Crippen LogP contribution in [0.2, 0.25) is 0 Å². The second-order valence-electron chi connectivity index (χ2n) is 27.1. The summed E-state index contributed by atoms with van der Waals surface area (Å²) in [5.74, 6) is -0.630. The molecule has 0 saturated carbocycles. The Bertz CT molecular complexity index is 1790. The van der Waals surface area contributed by atoms with Gasteiger partial charge in [-0.3, -0.25) is 37.3 Å². The molecule has 0 fully saturated rings. The smallest absolute Gasteiger partial charge is 0.462 e. The quantitative estimate of drug-likeness (QED) is 0.0222. The van der Waals surface area contributed by atoms with Crippen molar-refractivity contribution in [2.45, 2.75) is 394 Å². The fraction of sp³-hybridized carbons (Fsp3) is 0.945. The maximum Gasteiger partial charge on any atom is 0.472 e. The molecule has 0 aliphatic heterocycles. The minimum Gasteiger partial charge on any atom is -0.462 e. The van der Waals surface area contributed by atoms with E-state index in [0.29, 0.717) is 25.7 Å². The van der Waals surface area contributed by atoms with Crippen LogP contribution in [-0.2, 0) is 65.4 Å². The van der Waals surface area contributed by atoms with Crippen molar-refractivity contribution >= 4 is 39.5 Å². The first-order valence-electron chi connectivity index (χ1n) is 38.0. The molecule has 0 saturated heterocycles. The SMILES string of the molecule is CCCCCCCCCCCCCCCCCCCC(=O)O[C@H](COC(=O)CCCCCCCCCCCCC(C)C)COP(=O)(O)OC[C@@H](O)COP(=O)(O)OC[C@@H](COC(=O)CCCCCCCCC(C)CC)OC(=O)CCCCCCCCCCCCCC. The van der Waals surface area contributed by atoms with E-state index in [1.807, 2.05) is 0 Å². The largest absolute Gasteiger partial charge is 0.472 e. The molecule has 17 nitrogen and oxygen atoms in total. The Morgan fingerprint density at radius 3 is 0.826 bits per heavy atom. The predicted octanol–water partition coefficient (Wildman–Crippen LogP) is 21.2. The summed E-state index contributed by atoms with van der Waals surface area (Å²) < 4.78 is 68.4. The number of rotatable bonds is 72. The summed E-state index contributed by atoms with van der Waals surface area (Å²) in [6.07, 6.45) is 51.3. The Morgan fingerprint density at radius 2 is 0.554 bits per heavy atom. The summed E-state index contributed by atoms with van der Waals surface area (Å²) in [5.41, 5.74) is 0. The molecule has 546 valence electrons. The van der Waals surface area contributed by atoms with Crippen molar-refractivity contribution in [2.24, 2.45) is 11.8 Å². The number of hydrogen-bond acceptors (Lipinski definition) is 15. The predicted molar refractivity (Wildman–Crippen MR) is 372 cm³/mol. The zero-order valence-corrected chi connectivity index (χ0v) is 61.6. The highest BCUT2D eigenvalue weighted by atomic mass is 31.2. The lowest BCUT2D eigenvalue weighted by Gasteiger charge is -2.21. The topological polar surface area (TPSA) is 237 Å². The van der Waals surface area contributed by atoms with Gasteiger partial charge >= 0.3 is 39.5 Å². The van der Waals surface area contributed by atoms with Crippen LogP contribution in [0.15, 0.2) is 0 Å². The van der Waals surface area contributed by atoms with Crippen molar-refractivity contribution in [3.63, 3.8) is 0 Å². The molecule has 0 heterocycles. The van der Waals surface area contributed by atoms with E-state index >= 15 is 0 Å². The number of aliphatic hydroxyl groups excluding tert-OH is 1. The van der Waals surface area contributed by atoms with Crippen LogP contribution in [0.1, 0.15) is 375 Å². The second kappa shape index (κ2) is 65.0. The van der Waals surface area contributed by atoms with Crippen LogP contribution in [0.5, 0.6) is 0 Å². The molecule has 92 heavy (non-hydrogen) atoms. The highest BCUT2D eigenvalue weighted by Crippen LogP contribution is 2.45. The third-order valence-corrected chi connectivity index (χ3v) is 19.2. The van der Waals surface area contributed by atoms with Crippen molar-refractivity contribution in [3.05, 3.63) is 0 Å². The monoisotopic (exact) mass is 1350 g/mol. The molecule has 19 heteroatoms. The van der Waals surface area contributed by atoms with Gasteiger partial charge < -0.3 is 33.8 Å². The molecule has 0 bridgehead atoms. The van der Waals surface area contributed by atoms with Crippen LogP contribution >= 0.6 is 15.6 Å². The number of aliphatic hydroxyl groups is 1. The van der Waals surface area contributed by atoms with Crippen LogP contribution in [-0.4, -0.2) is 96.7 Å². The normalized spacial score (nSPS) is 14.4. The Kier molecular flexibility index (Phi) is 63.7. The van der Waals surface area contributed by atoms with Gasteiger partial charge in [0.25, 0.3) is 0 Å². The van der Waals surface area contributed by atoms with Crippen LogP contribution < -0.4 is 0 Å². The average Bonchev–Trinajstić information content (AvgIpc) is 2.48. The van der Waals surface area contributed by atoms with Crippen molar-refractivity contribution in [3.8, 4) is 0 Å². The van der Waals surface area contributed by atoms with E-state index in [-0.39, 0.29) is 25.7 Å². The van der Waals surface area contributed by atoms with E-state index in [2.05, 4.69) is 41.5 Å². The molecule has 0 aliphatic rings. The molecule has 6 atom stereocenters. The molecular formula is C73H142O17P2. The van der Waals surface area contributed by atoms with Gasteiger partial charge in [0, 0.05) is 25.7 Å². The molecule has 3 unspecified atom stereocenters. The molecule has 0 aliphatic carbocycles. The van der Waals surface area contributed by atoms with Gasteiger partial charge in [0.1, 0.15) is 19.3 Å². The Balaban J connectivity index is 5.25. The van der Waals surface area contributed by atoms with Crippen LogP contribution in [0.4, 0.5) is 0 Å². The minimum atomic E-state index is -4.95. The van der Waals surface area contributed by atoms with E-state index in [4.69, 9.17) is 37.0 Å². The van der Waals surface area contributed by atoms with Gasteiger partial charge in [-0.2, -0.15) is 0 Å². The van der Waals surface area contributed by atoms with Crippen molar-refractivity contribution < 1.29 is 80.2 Å². The number of hydrogen-bond donors (Lipinski definition) is 3. The lowest BCUT2D eigenvalue weighted by molar-refractivity contribution is -0.161. The summed E-state index contributed by atoms with van der Waals surface area (Å²) >= 11 is 0. The summed E-state index contributed by atoms with van der Waals surface area (Å²) in [5, 5.41) is 10.6. The number of carbonyl (C=O) groups is 4. The van der Waals surface area contributed by atoms with E-state index in [0.717, 1.165) is 108 Å². The Morgan fingerprint density at radius 1 is 0.315 bits per heavy atom. The van der Waals surface area contributed by atoms with Gasteiger partial charge in [-0.15, -0.1) is 0 Å². The summed E-state index contributed by atoms with van der Waals surface area (Å²) in [4.78, 5) is 72.7. The van der Waals surface area contributed by atoms with Crippen molar-refractivity contribution in [1.82, 2.24) is 0 Å². The zero-order chi connectivity index (χ0) is 67.9. The number of phosphoric ester groups is 2. The number of ether oxygens (including phenoxy) is 4. The third kappa shape index (κ3) is 65.4. The Labute approximate surface area is 562 Å². The van der Waals surface area contributed by atoms with Crippen molar-refractivity contribution in [1.29, 1.82) is 0 Å². The molecular weight excluding hydrogens is 1210 g/mol. The second-order valence-corrected chi connectivity index (χ2v) is 30.0. The van der Waals surface area contributed by atoms with E-state index < -0.39 is 97.5 Å².